The lowest BCUT2D eigenvalue weighted by Crippen LogP contribution is -1.97. The molecule has 0 fully saturated rings. The van der Waals surface area contributed by atoms with Crippen molar-refractivity contribution in [3.05, 3.63) is 52.0 Å². The molecule has 0 amide bonds. The van der Waals surface area contributed by atoms with E-state index in [2.05, 4.69) is 64.7 Å². The molecule has 4 aromatic rings. The van der Waals surface area contributed by atoms with Crippen molar-refractivity contribution in [2.75, 3.05) is 0 Å². The van der Waals surface area contributed by atoms with Crippen LogP contribution >= 0.6 is 0 Å². The summed E-state index contributed by atoms with van der Waals surface area (Å²) >= 11 is 0. The fourth-order valence-electron chi connectivity index (χ4n) is 4.21. The number of fused-ring (bicyclic) bond motifs is 3. The molecule has 0 atom stereocenters. The van der Waals surface area contributed by atoms with Gasteiger partial charge >= 0.3 is 0 Å². The number of aryl methyl sites for hydroxylation is 6. The first-order valence-corrected chi connectivity index (χ1v) is 9.36. The van der Waals surface area contributed by atoms with Crippen LogP contribution in [0.15, 0.2) is 18.2 Å². The Morgan fingerprint density at radius 1 is 0.923 bits per heavy atom. The summed E-state index contributed by atoms with van der Waals surface area (Å²) in [5.41, 5.74) is 11.6. The summed E-state index contributed by atoms with van der Waals surface area (Å²) in [6.45, 7) is 12.9. The predicted molar refractivity (Wildman–Crippen MR) is 108 cm³/mol. The molecule has 0 aliphatic heterocycles. The molecule has 1 N–H and O–H groups in total. The lowest BCUT2D eigenvalue weighted by molar-refractivity contribution is 0.884. The van der Waals surface area contributed by atoms with E-state index in [1.807, 2.05) is 4.52 Å². The lowest BCUT2D eigenvalue weighted by Gasteiger charge is -2.11. The van der Waals surface area contributed by atoms with Crippen LogP contribution in [-0.2, 0) is 6.42 Å². The largest absolute Gasteiger partial charge is 0.343 e. The minimum atomic E-state index is 0.937. The molecule has 0 saturated carbocycles. The molecule has 26 heavy (non-hydrogen) atoms. The molecule has 4 rings (SSSR count). The Morgan fingerprint density at radius 3 is 2.27 bits per heavy atom. The van der Waals surface area contributed by atoms with Crippen molar-refractivity contribution >= 4 is 16.7 Å². The van der Waals surface area contributed by atoms with Crippen LogP contribution in [0.5, 0.6) is 0 Å². The van der Waals surface area contributed by atoms with Gasteiger partial charge < -0.3 is 4.98 Å². The highest BCUT2D eigenvalue weighted by Gasteiger charge is 2.20. The molecule has 4 nitrogen and oxygen atoms in total. The average molecular weight is 346 g/mol. The highest BCUT2D eigenvalue weighted by atomic mass is 15.3. The second-order valence-corrected chi connectivity index (χ2v) is 7.47. The van der Waals surface area contributed by atoms with Crippen LogP contribution in [0.3, 0.4) is 0 Å². The fraction of sp³-hybridized carbons (Fsp3) is 0.364. The molecule has 1 aromatic carbocycles. The van der Waals surface area contributed by atoms with Gasteiger partial charge in [-0.25, -0.2) is 4.98 Å². The Labute approximate surface area is 154 Å². The molecular weight excluding hydrogens is 320 g/mol. The van der Waals surface area contributed by atoms with Crippen molar-refractivity contribution in [2.45, 2.75) is 54.4 Å². The van der Waals surface area contributed by atoms with Gasteiger partial charge in [-0.2, -0.15) is 9.61 Å². The topological polar surface area (TPSA) is 46.0 Å². The third-order valence-electron chi connectivity index (χ3n) is 5.21. The van der Waals surface area contributed by atoms with Gasteiger partial charge in [-0.3, -0.25) is 0 Å². The van der Waals surface area contributed by atoms with Gasteiger partial charge in [-0.05, 0) is 63.8 Å². The van der Waals surface area contributed by atoms with Crippen LogP contribution in [0, 0.1) is 34.6 Å². The maximum Gasteiger partial charge on any atom is 0.165 e. The van der Waals surface area contributed by atoms with E-state index < -0.39 is 0 Å². The zero-order chi connectivity index (χ0) is 18.6. The van der Waals surface area contributed by atoms with E-state index in [1.54, 1.807) is 0 Å². The fourth-order valence-corrected chi connectivity index (χ4v) is 4.21. The summed E-state index contributed by atoms with van der Waals surface area (Å²) in [5.74, 6) is 0. The standard InChI is InChI=1S/C22H26N4/c1-7-8-17-11-18-15(5)23-22-20(16(6)25-26(22)21(18)24-17)19-13(3)9-12(2)10-14(19)4/h9-11,24H,7-8H2,1-6H3. The Morgan fingerprint density at radius 2 is 1.62 bits per heavy atom. The third kappa shape index (κ3) is 2.44. The Balaban J connectivity index is 2.08. The van der Waals surface area contributed by atoms with Gasteiger partial charge in [-0.1, -0.05) is 31.0 Å². The second-order valence-electron chi connectivity index (χ2n) is 7.47. The molecule has 0 radical (unpaired) electrons. The van der Waals surface area contributed by atoms with Crippen LogP contribution in [0.4, 0.5) is 0 Å². The normalized spacial score (nSPS) is 11.8. The number of hydrogen-bond donors (Lipinski definition) is 1. The molecule has 4 heteroatoms. The molecule has 3 heterocycles. The predicted octanol–water partition coefficient (Wildman–Crippen LogP) is 5.37. The van der Waals surface area contributed by atoms with Crippen molar-refractivity contribution in [3.8, 4) is 11.1 Å². The lowest BCUT2D eigenvalue weighted by atomic mass is 9.94. The Kier molecular flexibility index (Phi) is 3.87. The van der Waals surface area contributed by atoms with E-state index in [1.165, 1.54) is 27.9 Å². The number of nitrogens with one attached hydrogen (secondary N) is 1. The first-order valence-electron chi connectivity index (χ1n) is 9.36. The minimum Gasteiger partial charge on any atom is -0.343 e. The van der Waals surface area contributed by atoms with Crippen LogP contribution in [0.2, 0.25) is 0 Å². The van der Waals surface area contributed by atoms with Crippen LogP contribution < -0.4 is 0 Å². The van der Waals surface area contributed by atoms with Gasteiger partial charge in [0.15, 0.2) is 5.65 Å². The van der Waals surface area contributed by atoms with Gasteiger partial charge in [0.2, 0.25) is 0 Å². The molecule has 0 saturated heterocycles. The van der Waals surface area contributed by atoms with Gasteiger partial charge in [0.05, 0.1) is 17.0 Å². The summed E-state index contributed by atoms with van der Waals surface area (Å²) in [7, 11) is 0. The van der Waals surface area contributed by atoms with Crippen molar-refractivity contribution in [2.24, 2.45) is 0 Å². The van der Waals surface area contributed by atoms with Crippen molar-refractivity contribution < 1.29 is 0 Å². The molecular formula is C22H26N4. The number of aromatic nitrogens is 4. The molecule has 3 aromatic heterocycles. The SMILES string of the molecule is CCCc1cc2c(C)nc3c(-c4c(C)cc(C)cc4C)c(C)nn3c2[nH]1. The van der Waals surface area contributed by atoms with E-state index in [0.29, 0.717) is 0 Å². The van der Waals surface area contributed by atoms with Crippen LogP contribution in [0.1, 0.15) is 47.1 Å². The third-order valence-corrected chi connectivity index (χ3v) is 5.21. The van der Waals surface area contributed by atoms with E-state index in [4.69, 9.17) is 10.1 Å². The number of nitrogens with zero attached hydrogens (tertiary/aromatic N) is 3. The molecule has 0 bridgehead atoms. The van der Waals surface area contributed by atoms with Crippen molar-refractivity contribution in [1.29, 1.82) is 0 Å². The number of rotatable bonds is 3. The number of hydrogen-bond acceptors (Lipinski definition) is 2. The average Bonchev–Trinajstić information content (AvgIpc) is 3.10. The van der Waals surface area contributed by atoms with Gasteiger partial charge in [0, 0.05) is 11.1 Å². The number of benzene rings is 1. The van der Waals surface area contributed by atoms with E-state index in [-0.39, 0.29) is 0 Å². The molecule has 0 aliphatic rings. The minimum absolute atomic E-state index is 0.937. The van der Waals surface area contributed by atoms with E-state index in [0.717, 1.165) is 46.5 Å². The Hall–Kier alpha value is -2.62. The van der Waals surface area contributed by atoms with Crippen LogP contribution in [0.25, 0.3) is 27.8 Å². The first kappa shape index (κ1) is 16.8. The van der Waals surface area contributed by atoms with Crippen molar-refractivity contribution in [1.82, 2.24) is 19.6 Å². The smallest absolute Gasteiger partial charge is 0.165 e. The number of aromatic amines is 1. The maximum atomic E-state index is 4.96. The molecule has 134 valence electrons. The zero-order valence-electron chi connectivity index (χ0n) is 16.5. The van der Waals surface area contributed by atoms with E-state index >= 15 is 0 Å². The van der Waals surface area contributed by atoms with Crippen LogP contribution in [-0.4, -0.2) is 19.6 Å². The summed E-state index contributed by atoms with van der Waals surface area (Å²) in [6, 6.07) is 6.70. The maximum absolute atomic E-state index is 4.96. The monoisotopic (exact) mass is 346 g/mol. The second kappa shape index (κ2) is 5.97. The van der Waals surface area contributed by atoms with Crippen molar-refractivity contribution in [3.63, 3.8) is 0 Å². The first-order chi connectivity index (χ1) is 12.4. The number of H-pyrrole nitrogens is 1. The summed E-state index contributed by atoms with van der Waals surface area (Å²) in [5, 5.41) is 6.02. The van der Waals surface area contributed by atoms with E-state index in [9.17, 15) is 0 Å². The molecule has 0 spiro atoms. The molecule has 0 aliphatic carbocycles. The zero-order valence-corrected chi connectivity index (χ0v) is 16.5. The summed E-state index contributed by atoms with van der Waals surface area (Å²) in [4.78, 5) is 8.53. The van der Waals surface area contributed by atoms with Gasteiger partial charge in [0.25, 0.3) is 0 Å². The highest BCUT2D eigenvalue weighted by Crippen LogP contribution is 2.35. The van der Waals surface area contributed by atoms with Gasteiger partial charge in [-0.15, -0.1) is 0 Å². The highest BCUT2D eigenvalue weighted by molar-refractivity contribution is 5.89. The summed E-state index contributed by atoms with van der Waals surface area (Å²) < 4.78 is 1.99. The quantitative estimate of drug-likeness (QED) is 0.542. The Bertz CT molecular complexity index is 1120. The molecule has 0 unspecified atom stereocenters. The summed E-state index contributed by atoms with van der Waals surface area (Å²) in [6.07, 6.45) is 2.16. The van der Waals surface area contributed by atoms with Gasteiger partial charge in [0.1, 0.15) is 5.65 Å².